The molecule has 3 aromatic rings. The number of aryl methyl sites for hydroxylation is 2. The summed E-state index contributed by atoms with van der Waals surface area (Å²) >= 11 is 0. The molecule has 1 aliphatic carbocycles. The molecule has 2 aromatic heterocycles. The maximum Gasteiger partial charge on any atom is 0.268 e. The lowest BCUT2D eigenvalue weighted by Gasteiger charge is -2.31. The average molecular weight is 414 g/mol. The number of nitrogens with zero attached hydrogens (tertiary/aromatic N) is 3. The molecule has 1 aromatic carbocycles. The molecular formula is C22H24F2N4O2. The maximum absolute atomic E-state index is 14.8. The van der Waals surface area contributed by atoms with E-state index < -0.39 is 12.0 Å². The lowest BCUT2D eigenvalue weighted by molar-refractivity contribution is -0.118. The third-order valence-electron chi connectivity index (χ3n) is 6.30. The number of aromatic amines is 1. The number of carbonyl (C=O) groups is 1. The molecule has 3 heterocycles. The summed E-state index contributed by atoms with van der Waals surface area (Å²) < 4.78 is 34.8. The summed E-state index contributed by atoms with van der Waals surface area (Å²) in [6, 6.07) is 2.56. The van der Waals surface area contributed by atoms with E-state index in [0.29, 0.717) is 28.6 Å². The standard InChI is InChI=1S/C22H24F2N4O2/c1-4-22(23,24)17-7-8-18(29)28(17)16-10-14(19-11(2)27-30-12(19)3)9-15-20(16)26-21(25-15)13-5-6-13/h9-10,13,17H,4-8H2,1-3H3,(H,25,26)/t17-/m0/s1. The van der Waals surface area contributed by atoms with Gasteiger partial charge in [-0.05, 0) is 50.8 Å². The fourth-order valence-electron chi connectivity index (χ4n) is 4.51. The van der Waals surface area contributed by atoms with Gasteiger partial charge in [0.2, 0.25) is 5.91 Å². The first kappa shape index (κ1) is 19.2. The van der Waals surface area contributed by atoms with Crippen LogP contribution >= 0.6 is 0 Å². The Kier molecular flexibility index (Phi) is 4.24. The van der Waals surface area contributed by atoms with Gasteiger partial charge in [-0.25, -0.2) is 13.8 Å². The van der Waals surface area contributed by atoms with Crippen LogP contribution in [0.5, 0.6) is 0 Å². The molecule has 1 saturated carbocycles. The first-order valence-corrected chi connectivity index (χ1v) is 10.5. The third kappa shape index (κ3) is 2.92. The summed E-state index contributed by atoms with van der Waals surface area (Å²) in [5, 5.41) is 4.02. The number of halogens is 2. The van der Waals surface area contributed by atoms with Gasteiger partial charge in [0, 0.05) is 24.3 Å². The van der Waals surface area contributed by atoms with Crippen molar-refractivity contribution in [1.82, 2.24) is 15.1 Å². The minimum atomic E-state index is -2.97. The fourth-order valence-corrected chi connectivity index (χ4v) is 4.51. The Morgan fingerprint density at radius 1 is 1.27 bits per heavy atom. The van der Waals surface area contributed by atoms with Crippen LogP contribution in [0.4, 0.5) is 14.5 Å². The molecule has 1 amide bonds. The number of nitrogens with one attached hydrogen (secondary N) is 1. The van der Waals surface area contributed by atoms with Gasteiger partial charge in [0.1, 0.15) is 23.1 Å². The van der Waals surface area contributed by atoms with Crippen molar-refractivity contribution in [2.24, 2.45) is 0 Å². The number of H-pyrrole nitrogens is 1. The summed E-state index contributed by atoms with van der Waals surface area (Å²) in [6.45, 7) is 5.11. The highest BCUT2D eigenvalue weighted by Crippen LogP contribution is 2.44. The number of hydrogen-bond donors (Lipinski definition) is 1. The SMILES string of the molecule is CCC(F)(F)[C@@H]1CCC(=O)N1c1cc(-c2c(C)noc2C)cc2[nH]c(C3CC3)nc12. The van der Waals surface area contributed by atoms with Gasteiger partial charge in [0.15, 0.2) is 0 Å². The zero-order valence-corrected chi connectivity index (χ0v) is 17.3. The summed E-state index contributed by atoms with van der Waals surface area (Å²) in [5.74, 6) is -1.39. The Labute approximate surface area is 172 Å². The molecule has 0 bridgehead atoms. The highest BCUT2D eigenvalue weighted by Gasteiger charge is 2.48. The number of hydrogen-bond acceptors (Lipinski definition) is 4. The van der Waals surface area contributed by atoms with Crippen LogP contribution in [0, 0.1) is 13.8 Å². The number of rotatable bonds is 5. The molecule has 1 N–H and O–H groups in total. The third-order valence-corrected chi connectivity index (χ3v) is 6.30. The van der Waals surface area contributed by atoms with Crippen molar-refractivity contribution in [3.05, 3.63) is 29.4 Å². The molecule has 1 atom stereocenters. The van der Waals surface area contributed by atoms with E-state index in [9.17, 15) is 13.6 Å². The van der Waals surface area contributed by atoms with Crippen molar-refractivity contribution in [3.63, 3.8) is 0 Å². The molecule has 2 aliphatic rings. The number of imidazole rings is 1. The first-order valence-electron chi connectivity index (χ1n) is 10.5. The zero-order chi connectivity index (χ0) is 21.2. The van der Waals surface area contributed by atoms with Gasteiger partial charge in [0.25, 0.3) is 5.92 Å². The van der Waals surface area contributed by atoms with E-state index in [1.165, 1.54) is 11.8 Å². The van der Waals surface area contributed by atoms with Crippen LogP contribution in [0.25, 0.3) is 22.2 Å². The van der Waals surface area contributed by atoms with Crippen LogP contribution < -0.4 is 4.90 Å². The lowest BCUT2D eigenvalue weighted by Crippen LogP contribution is -2.45. The van der Waals surface area contributed by atoms with E-state index >= 15 is 0 Å². The van der Waals surface area contributed by atoms with Crippen molar-refractivity contribution in [3.8, 4) is 11.1 Å². The zero-order valence-electron chi connectivity index (χ0n) is 17.3. The maximum atomic E-state index is 14.8. The van der Waals surface area contributed by atoms with Crippen LogP contribution in [0.15, 0.2) is 16.7 Å². The predicted octanol–water partition coefficient (Wildman–Crippen LogP) is 5.25. The van der Waals surface area contributed by atoms with Crippen molar-refractivity contribution in [2.45, 2.75) is 70.8 Å². The van der Waals surface area contributed by atoms with Crippen molar-refractivity contribution in [1.29, 1.82) is 0 Å². The Morgan fingerprint density at radius 2 is 2.03 bits per heavy atom. The highest BCUT2D eigenvalue weighted by molar-refractivity contribution is 6.05. The molecule has 1 aliphatic heterocycles. The summed E-state index contributed by atoms with van der Waals surface area (Å²) in [7, 11) is 0. The number of alkyl halides is 2. The molecule has 0 spiro atoms. The average Bonchev–Trinajstić information content (AvgIpc) is 3.22. The number of fused-ring (bicyclic) bond motifs is 1. The second-order valence-electron chi connectivity index (χ2n) is 8.42. The molecule has 1 saturated heterocycles. The van der Waals surface area contributed by atoms with E-state index in [-0.39, 0.29) is 25.2 Å². The molecule has 6 nitrogen and oxygen atoms in total. The van der Waals surface area contributed by atoms with Gasteiger partial charge in [0.05, 0.1) is 16.9 Å². The van der Waals surface area contributed by atoms with Gasteiger partial charge in [-0.3, -0.25) is 4.79 Å². The number of aromatic nitrogens is 3. The number of benzene rings is 1. The largest absolute Gasteiger partial charge is 0.361 e. The highest BCUT2D eigenvalue weighted by atomic mass is 19.3. The Balaban J connectivity index is 1.74. The fraction of sp³-hybridized carbons (Fsp3) is 0.500. The van der Waals surface area contributed by atoms with Crippen LogP contribution in [-0.4, -0.2) is 33.0 Å². The summed E-state index contributed by atoms with van der Waals surface area (Å²) in [5.41, 5.74) is 4.04. The summed E-state index contributed by atoms with van der Waals surface area (Å²) in [4.78, 5) is 22.2. The normalized spacial score (nSPS) is 20.0. The smallest absolute Gasteiger partial charge is 0.268 e. The molecule has 0 unspecified atom stereocenters. The topological polar surface area (TPSA) is 75.0 Å². The molecule has 0 radical (unpaired) electrons. The Bertz CT molecular complexity index is 1130. The van der Waals surface area contributed by atoms with Crippen molar-refractivity contribution >= 4 is 22.6 Å². The molecule has 30 heavy (non-hydrogen) atoms. The molecule has 8 heteroatoms. The van der Waals surface area contributed by atoms with Gasteiger partial charge in [-0.1, -0.05) is 12.1 Å². The van der Waals surface area contributed by atoms with Crippen LogP contribution in [0.3, 0.4) is 0 Å². The first-order chi connectivity index (χ1) is 14.3. The van der Waals surface area contributed by atoms with Gasteiger partial charge in [-0.2, -0.15) is 0 Å². The monoisotopic (exact) mass is 414 g/mol. The quantitative estimate of drug-likeness (QED) is 0.619. The van der Waals surface area contributed by atoms with Crippen molar-refractivity contribution < 1.29 is 18.1 Å². The lowest BCUT2D eigenvalue weighted by atomic mass is 10.0. The van der Waals surface area contributed by atoms with E-state index in [2.05, 4.69) is 10.1 Å². The molecule has 2 fully saturated rings. The van der Waals surface area contributed by atoms with Gasteiger partial charge < -0.3 is 14.4 Å². The Morgan fingerprint density at radius 3 is 2.67 bits per heavy atom. The minimum absolute atomic E-state index is 0.108. The molecular weight excluding hydrogens is 390 g/mol. The van der Waals surface area contributed by atoms with E-state index in [0.717, 1.165) is 35.3 Å². The number of carbonyl (C=O) groups excluding carboxylic acids is 1. The van der Waals surface area contributed by atoms with E-state index in [4.69, 9.17) is 9.51 Å². The van der Waals surface area contributed by atoms with E-state index in [1.807, 2.05) is 19.9 Å². The minimum Gasteiger partial charge on any atom is -0.361 e. The molecule has 158 valence electrons. The van der Waals surface area contributed by atoms with Crippen LogP contribution in [0.2, 0.25) is 0 Å². The number of amides is 1. The van der Waals surface area contributed by atoms with Gasteiger partial charge in [-0.15, -0.1) is 0 Å². The van der Waals surface area contributed by atoms with Crippen LogP contribution in [0.1, 0.15) is 62.2 Å². The van der Waals surface area contributed by atoms with Crippen molar-refractivity contribution in [2.75, 3.05) is 4.90 Å². The second kappa shape index (κ2) is 6.62. The number of anilines is 1. The predicted molar refractivity (Wildman–Crippen MR) is 109 cm³/mol. The van der Waals surface area contributed by atoms with E-state index in [1.54, 1.807) is 6.07 Å². The van der Waals surface area contributed by atoms with Gasteiger partial charge >= 0.3 is 0 Å². The Hall–Kier alpha value is -2.77. The second-order valence-corrected chi connectivity index (χ2v) is 8.42. The van der Waals surface area contributed by atoms with Crippen LogP contribution in [-0.2, 0) is 4.79 Å². The summed E-state index contributed by atoms with van der Waals surface area (Å²) in [6.07, 6.45) is 2.05. The molecule has 5 rings (SSSR count).